The third-order valence-corrected chi connectivity index (χ3v) is 2.78. The van der Waals surface area contributed by atoms with Crippen molar-refractivity contribution in [1.82, 2.24) is 14.8 Å². The van der Waals surface area contributed by atoms with Gasteiger partial charge in [0.25, 0.3) is 0 Å². The first-order chi connectivity index (χ1) is 7.15. The molecule has 0 bridgehead atoms. The molecule has 1 fully saturated rings. The predicted molar refractivity (Wildman–Crippen MR) is 56.3 cm³/mol. The Balaban J connectivity index is 2.27. The molecule has 0 radical (unpaired) electrons. The van der Waals surface area contributed by atoms with E-state index in [1.54, 1.807) is 4.68 Å². The molecule has 5 nitrogen and oxygen atoms in total. The molecule has 1 aromatic rings. The van der Waals surface area contributed by atoms with Crippen molar-refractivity contribution in [3.05, 3.63) is 11.6 Å². The van der Waals surface area contributed by atoms with Crippen molar-refractivity contribution >= 4 is 0 Å². The van der Waals surface area contributed by atoms with Gasteiger partial charge in [-0.2, -0.15) is 5.10 Å². The van der Waals surface area contributed by atoms with Crippen LogP contribution in [-0.2, 0) is 23.7 Å². The van der Waals surface area contributed by atoms with E-state index in [0.717, 1.165) is 30.9 Å². The fourth-order valence-electron chi connectivity index (χ4n) is 1.96. The van der Waals surface area contributed by atoms with Crippen LogP contribution in [0.5, 0.6) is 0 Å². The van der Waals surface area contributed by atoms with Crippen molar-refractivity contribution in [2.24, 2.45) is 12.8 Å². The second-order valence-electron chi connectivity index (χ2n) is 4.18. The number of aryl methyl sites for hydroxylation is 2. The van der Waals surface area contributed by atoms with E-state index in [1.165, 1.54) is 0 Å². The second kappa shape index (κ2) is 3.90. The summed E-state index contributed by atoms with van der Waals surface area (Å²) < 4.78 is 7.12. The van der Waals surface area contributed by atoms with E-state index in [1.807, 2.05) is 7.05 Å². The van der Waals surface area contributed by atoms with Gasteiger partial charge in [-0.3, -0.25) is 4.68 Å². The number of nitrogens with zero attached hydrogens (tertiary/aromatic N) is 3. The molecule has 1 unspecified atom stereocenters. The quantitative estimate of drug-likeness (QED) is 0.781. The molecule has 1 aromatic heterocycles. The summed E-state index contributed by atoms with van der Waals surface area (Å²) in [5, 5.41) is 4.36. The topological polar surface area (TPSA) is 66.0 Å². The molecule has 1 aliphatic rings. The summed E-state index contributed by atoms with van der Waals surface area (Å²) in [7, 11) is 1.90. The van der Waals surface area contributed by atoms with Gasteiger partial charge in [0.05, 0.1) is 6.61 Å². The summed E-state index contributed by atoms with van der Waals surface area (Å²) in [5.41, 5.74) is 5.81. The molecular formula is C10H18N4O. The first-order valence-electron chi connectivity index (χ1n) is 5.43. The van der Waals surface area contributed by atoms with E-state index in [9.17, 15) is 0 Å². The molecule has 0 aliphatic carbocycles. The van der Waals surface area contributed by atoms with E-state index in [2.05, 4.69) is 17.0 Å². The highest BCUT2D eigenvalue weighted by Gasteiger charge is 2.36. The lowest BCUT2D eigenvalue weighted by atomic mass is 9.99. The normalized spacial score (nSPS) is 26.1. The smallest absolute Gasteiger partial charge is 0.151 e. The van der Waals surface area contributed by atoms with Crippen LogP contribution in [0.3, 0.4) is 0 Å². The van der Waals surface area contributed by atoms with Gasteiger partial charge in [-0.1, -0.05) is 6.92 Å². The monoisotopic (exact) mass is 210 g/mol. The Labute approximate surface area is 89.6 Å². The SMILES string of the molecule is CCCc1nc(C2(N)CCOC2)n(C)n1. The fourth-order valence-corrected chi connectivity index (χ4v) is 1.96. The number of ether oxygens (including phenoxy) is 1. The zero-order valence-corrected chi connectivity index (χ0v) is 9.36. The average molecular weight is 210 g/mol. The van der Waals surface area contributed by atoms with Gasteiger partial charge in [-0.15, -0.1) is 0 Å². The van der Waals surface area contributed by atoms with Crippen LogP contribution in [0.1, 0.15) is 31.4 Å². The summed E-state index contributed by atoms with van der Waals surface area (Å²) in [5.74, 6) is 1.73. The van der Waals surface area contributed by atoms with Crippen molar-refractivity contribution in [2.45, 2.75) is 31.7 Å². The molecule has 15 heavy (non-hydrogen) atoms. The van der Waals surface area contributed by atoms with Gasteiger partial charge in [-0.25, -0.2) is 4.98 Å². The minimum atomic E-state index is -0.437. The van der Waals surface area contributed by atoms with E-state index < -0.39 is 5.54 Å². The van der Waals surface area contributed by atoms with E-state index in [0.29, 0.717) is 13.2 Å². The minimum absolute atomic E-state index is 0.437. The van der Waals surface area contributed by atoms with Gasteiger partial charge in [-0.05, 0) is 12.8 Å². The second-order valence-corrected chi connectivity index (χ2v) is 4.18. The van der Waals surface area contributed by atoms with Crippen LogP contribution < -0.4 is 5.73 Å². The van der Waals surface area contributed by atoms with Crippen molar-refractivity contribution in [3.63, 3.8) is 0 Å². The number of hydrogen-bond donors (Lipinski definition) is 1. The highest BCUT2D eigenvalue weighted by atomic mass is 16.5. The Kier molecular flexibility index (Phi) is 2.75. The van der Waals surface area contributed by atoms with E-state index in [-0.39, 0.29) is 0 Å². The molecule has 0 saturated carbocycles. The van der Waals surface area contributed by atoms with Crippen molar-refractivity contribution in [3.8, 4) is 0 Å². The highest BCUT2D eigenvalue weighted by Crippen LogP contribution is 2.25. The molecule has 1 aliphatic heterocycles. The summed E-state index contributed by atoms with van der Waals surface area (Å²) in [6, 6.07) is 0. The van der Waals surface area contributed by atoms with Crippen LogP contribution in [0.2, 0.25) is 0 Å². The number of nitrogens with two attached hydrogens (primary N) is 1. The van der Waals surface area contributed by atoms with Crippen molar-refractivity contribution in [1.29, 1.82) is 0 Å². The molecule has 5 heteroatoms. The first-order valence-corrected chi connectivity index (χ1v) is 5.43. The van der Waals surface area contributed by atoms with Gasteiger partial charge < -0.3 is 10.5 Å². The van der Waals surface area contributed by atoms with Crippen LogP contribution in [0.15, 0.2) is 0 Å². The number of rotatable bonds is 3. The van der Waals surface area contributed by atoms with Gasteiger partial charge in [0.2, 0.25) is 0 Å². The molecule has 0 aromatic carbocycles. The summed E-state index contributed by atoms with van der Waals surface area (Å²) in [6.07, 6.45) is 2.79. The zero-order chi connectivity index (χ0) is 10.9. The summed E-state index contributed by atoms with van der Waals surface area (Å²) in [6.45, 7) is 3.38. The lowest BCUT2D eigenvalue weighted by molar-refractivity contribution is 0.175. The Bertz CT molecular complexity index is 341. The first kappa shape index (κ1) is 10.6. The largest absolute Gasteiger partial charge is 0.379 e. The molecular weight excluding hydrogens is 192 g/mol. The standard InChI is InChI=1S/C10H18N4O/c1-3-4-8-12-9(14(2)13-8)10(11)5-6-15-7-10/h3-7,11H2,1-2H3. The van der Waals surface area contributed by atoms with Crippen LogP contribution >= 0.6 is 0 Å². The van der Waals surface area contributed by atoms with Crippen molar-refractivity contribution < 1.29 is 4.74 Å². The number of aromatic nitrogens is 3. The van der Waals surface area contributed by atoms with E-state index >= 15 is 0 Å². The third kappa shape index (κ3) is 1.89. The molecule has 2 heterocycles. The molecule has 0 spiro atoms. The Morgan fingerprint density at radius 1 is 1.60 bits per heavy atom. The summed E-state index contributed by atoms with van der Waals surface area (Å²) in [4.78, 5) is 4.50. The lowest BCUT2D eigenvalue weighted by Crippen LogP contribution is -2.39. The highest BCUT2D eigenvalue weighted by molar-refractivity contribution is 5.09. The molecule has 2 N–H and O–H groups in total. The molecule has 2 rings (SSSR count). The Morgan fingerprint density at radius 2 is 2.40 bits per heavy atom. The Morgan fingerprint density at radius 3 is 3.00 bits per heavy atom. The van der Waals surface area contributed by atoms with Gasteiger partial charge >= 0.3 is 0 Å². The van der Waals surface area contributed by atoms with Crippen LogP contribution in [0, 0.1) is 0 Å². The van der Waals surface area contributed by atoms with Gasteiger partial charge in [0.15, 0.2) is 5.82 Å². The van der Waals surface area contributed by atoms with Crippen LogP contribution in [0.4, 0.5) is 0 Å². The minimum Gasteiger partial charge on any atom is -0.379 e. The lowest BCUT2D eigenvalue weighted by Gasteiger charge is -2.19. The fraction of sp³-hybridized carbons (Fsp3) is 0.800. The van der Waals surface area contributed by atoms with Gasteiger partial charge in [0, 0.05) is 20.1 Å². The molecule has 84 valence electrons. The van der Waals surface area contributed by atoms with Crippen LogP contribution in [0.25, 0.3) is 0 Å². The molecule has 1 saturated heterocycles. The van der Waals surface area contributed by atoms with E-state index in [4.69, 9.17) is 10.5 Å². The summed E-state index contributed by atoms with van der Waals surface area (Å²) >= 11 is 0. The average Bonchev–Trinajstić information content (AvgIpc) is 2.75. The van der Waals surface area contributed by atoms with Crippen LogP contribution in [-0.4, -0.2) is 28.0 Å². The molecule has 0 amide bonds. The maximum atomic E-state index is 6.24. The maximum Gasteiger partial charge on any atom is 0.151 e. The predicted octanol–water partition coefficient (Wildman–Crippen LogP) is 0.342. The molecule has 1 atom stereocenters. The maximum absolute atomic E-state index is 6.24. The zero-order valence-electron chi connectivity index (χ0n) is 9.36. The Hall–Kier alpha value is -0.940. The third-order valence-electron chi connectivity index (χ3n) is 2.78. The van der Waals surface area contributed by atoms with Gasteiger partial charge in [0.1, 0.15) is 11.4 Å². The number of hydrogen-bond acceptors (Lipinski definition) is 4. The van der Waals surface area contributed by atoms with Crippen molar-refractivity contribution in [2.75, 3.05) is 13.2 Å².